The number of carbonyl (C=O) groups is 1. The molecule has 0 bridgehead atoms. The Morgan fingerprint density at radius 3 is 2.82 bits per heavy atom. The molecular weight excluding hydrogens is 276 g/mol. The maximum Gasteiger partial charge on any atom is 0.158 e. The van der Waals surface area contributed by atoms with Gasteiger partial charge in [0.05, 0.1) is 6.10 Å². The SMILES string of the molecule is CC(C)[C@H]1C[C@H](OC2CCCCO2)C2=CC(=O)CCC[C@@]21C. The van der Waals surface area contributed by atoms with Gasteiger partial charge in [-0.25, -0.2) is 0 Å². The first-order valence-electron chi connectivity index (χ1n) is 9.02. The molecule has 1 saturated carbocycles. The Hall–Kier alpha value is -0.670. The Morgan fingerprint density at radius 1 is 1.32 bits per heavy atom. The molecular formula is C19H30O3. The third-order valence-corrected chi connectivity index (χ3v) is 5.99. The van der Waals surface area contributed by atoms with E-state index in [1.807, 2.05) is 6.08 Å². The second kappa shape index (κ2) is 6.45. The van der Waals surface area contributed by atoms with Crippen LogP contribution >= 0.6 is 0 Å². The number of carbonyl (C=O) groups excluding carboxylic acids is 1. The molecule has 0 N–H and O–H groups in total. The molecule has 1 aliphatic heterocycles. The second-order valence-corrected chi connectivity index (χ2v) is 7.84. The molecule has 0 aromatic carbocycles. The molecule has 0 aromatic heterocycles. The number of hydrogen-bond acceptors (Lipinski definition) is 3. The number of ether oxygens (including phenoxy) is 2. The largest absolute Gasteiger partial charge is 0.353 e. The van der Waals surface area contributed by atoms with E-state index in [0.29, 0.717) is 18.3 Å². The summed E-state index contributed by atoms with van der Waals surface area (Å²) in [6.45, 7) is 7.77. The van der Waals surface area contributed by atoms with Crippen molar-refractivity contribution >= 4 is 5.78 Å². The van der Waals surface area contributed by atoms with Crippen molar-refractivity contribution < 1.29 is 14.3 Å². The summed E-state index contributed by atoms with van der Waals surface area (Å²) in [5, 5.41) is 0. The lowest BCUT2D eigenvalue weighted by Gasteiger charge is -2.35. The van der Waals surface area contributed by atoms with Gasteiger partial charge in [0, 0.05) is 13.0 Å². The molecule has 3 heteroatoms. The molecule has 124 valence electrons. The Balaban J connectivity index is 1.84. The molecule has 3 rings (SSSR count). The Bertz CT molecular complexity index is 448. The smallest absolute Gasteiger partial charge is 0.158 e. The van der Waals surface area contributed by atoms with E-state index < -0.39 is 0 Å². The molecule has 4 atom stereocenters. The topological polar surface area (TPSA) is 35.5 Å². The third kappa shape index (κ3) is 3.03. The first kappa shape index (κ1) is 16.2. The summed E-state index contributed by atoms with van der Waals surface area (Å²) in [6, 6.07) is 0. The van der Waals surface area contributed by atoms with Gasteiger partial charge in [-0.2, -0.15) is 0 Å². The van der Waals surface area contributed by atoms with Crippen LogP contribution in [0.25, 0.3) is 0 Å². The average Bonchev–Trinajstić information content (AvgIpc) is 2.64. The van der Waals surface area contributed by atoms with Crippen molar-refractivity contribution in [2.24, 2.45) is 17.3 Å². The zero-order valence-electron chi connectivity index (χ0n) is 14.3. The van der Waals surface area contributed by atoms with Gasteiger partial charge in [0.15, 0.2) is 12.1 Å². The quantitative estimate of drug-likeness (QED) is 0.781. The van der Waals surface area contributed by atoms with Crippen molar-refractivity contribution in [3.63, 3.8) is 0 Å². The maximum atomic E-state index is 12.1. The van der Waals surface area contributed by atoms with Gasteiger partial charge in [-0.05, 0) is 67.4 Å². The van der Waals surface area contributed by atoms with Crippen LogP contribution in [0.5, 0.6) is 0 Å². The summed E-state index contributed by atoms with van der Waals surface area (Å²) >= 11 is 0. The van der Waals surface area contributed by atoms with Crippen molar-refractivity contribution in [1.29, 1.82) is 0 Å². The fourth-order valence-electron chi connectivity index (χ4n) is 4.80. The summed E-state index contributed by atoms with van der Waals surface area (Å²) in [5.41, 5.74) is 1.38. The van der Waals surface area contributed by atoms with Gasteiger partial charge in [-0.3, -0.25) is 4.79 Å². The van der Waals surface area contributed by atoms with Crippen molar-refractivity contribution in [1.82, 2.24) is 0 Å². The van der Waals surface area contributed by atoms with Crippen LogP contribution in [0.2, 0.25) is 0 Å². The third-order valence-electron chi connectivity index (χ3n) is 5.99. The molecule has 0 radical (unpaired) electrons. The second-order valence-electron chi connectivity index (χ2n) is 7.84. The first-order chi connectivity index (χ1) is 10.5. The summed E-state index contributed by atoms with van der Waals surface area (Å²) in [5.74, 6) is 1.49. The fourth-order valence-corrected chi connectivity index (χ4v) is 4.80. The Labute approximate surface area is 134 Å². The number of fused-ring (bicyclic) bond motifs is 1. The fraction of sp³-hybridized carbons (Fsp3) is 0.842. The highest BCUT2D eigenvalue weighted by Gasteiger charge is 2.50. The monoisotopic (exact) mass is 306 g/mol. The molecule has 1 saturated heterocycles. The summed E-state index contributed by atoms with van der Waals surface area (Å²) in [4.78, 5) is 12.1. The molecule has 3 nitrogen and oxygen atoms in total. The van der Waals surface area contributed by atoms with E-state index in [-0.39, 0.29) is 23.6 Å². The van der Waals surface area contributed by atoms with Crippen molar-refractivity contribution in [2.45, 2.75) is 78.1 Å². The minimum Gasteiger partial charge on any atom is -0.353 e. The predicted molar refractivity (Wildman–Crippen MR) is 86.5 cm³/mol. The van der Waals surface area contributed by atoms with Crippen molar-refractivity contribution in [2.75, 3.05) is 6.61 Å². The van der Waals surface area contributed by atoms with Crippen LogP contribution in [0.3, 0.4) is 0 Å². The minimum atomic E-state index is -0.0758. The number of rotatable bonds is 3. The normalized spacial score (nSPS) is 39.5. The lowest BCUT2D eigenvalue weighted by atomic mass is 9.70. The molecule has 0 spiro atoms. The van der Waals surface area contributed by atoms with Gasteiger partial charge in [0.25, 0.3) is 0 Å². The van der Waals surface area contributed by atoms with E-state index in [0.717, 1.165) is 38.7 Å². The van der Waals surface area contributed by atoms with Crippen LogP contribution < -0.4 is 0 Å². The highest BCUT2D eigenvalue weighted by atomic mass is 16.7. The Morgan fingerprint density at radius 2 is 2.14 bits per heavy atom. The summed E-state index contributed by atoms with van der Waals surface area (Å²) < 4.78 is 12.1. The van der Waals surface area contributed by atoms with Gasteiger partial charge < -0.3 is 9.47 Å². The number of ketones is 1. The number of allylic oxidation sites excluding steroid dienone is 1. The van der Waals surface area contributed by atoms with Gasteiger partial charge >= 0.3 is 0 Å². The molecule has 0 amide bonds. The molecule has 22 heavy (non-hydrogen) atoms. The molecule has 2 aliphatic carbocycles. The highest BCUT2D eigenvalue weighted by molar-refractivity contribution is 5.91. The van der Waals surface area contributed by atoms with Crippen LogP contribution in [0.4, 0.5) is 0 Å². The zero-order chi connectivity index (χ0) is 15.7. The van der Waals surface area contributed by atoms with Crippen LogP contribution in [0, 0.1) is 17.3 Å². The van der Waals surface area contributed by atoms with E-state index in [2.05, 4.69) is 20.8 Å². The predicted octanol–water partition coefficient (Wildman–Crippen LogP) is 4.26. The maximum absolute atomic E-state index is 12.1. The van der Waals surface area contributed by atoms with Gasteiger partial charge in [0.1, 0.15) is 0 Å². The van der Waals surface area contributed by atoms with Crippen LogP contribution in [-0.2, 0) is 14.3 Å². The molecule has 3 aliphatic rings. The van der Waals surface area contributed by atoms with Crippen LogP contribution in [0.15, 0.2) is 11.6 Å². The van der Waals surface area contributed by atoms with E-state index in [1.165, 1.54) is 12.0 Å². The highest BCUT2D eigenvalue weighted by Crippen LogP contribution is 2.55. The van der Waals surface area contributed by atoms with Crippen LogP contribution in [0.1, 0.15) is 65.7 Å². The average molecular weight is 306 g/mol. The standard InChI is InChI=1S/C19H30O3/c1-13(2)15-12-17(22-18-8-4-5-10-21-18)16-11-14(20)7-6-9-19(15,16)3/h11,13,15,17-18H,4-10,12H2,1-3H3/t15-,17+,18?,19-/m1/s1. The van der Waals surface area contributed by atoms with E-state index in [1.54, 1.807) is 0 Å². The minimum absolute atomic E-state index is 0.0718. The van der Waals surface area contributed by atoms with E-state index >= 15 is 0 Å². The molecule has 1 heterocycles. The molecule has 1 unspecified atom stereocenters. The van der Waals surface area contributed by atoms with Crippen molar-refractivity contribution in [3.8, 4) is 0 Å². The van der Waals surface area contributed by atoms with E-state index in [4.69, 9.17) is 9.47 Å². The molecule has 0 aromatic rings. The lowest BCUT2D eigenvalue weighted by molar-refractivity contribution is -0.180. The van der Waals surface area contributed by atoms with Gasteiger partial charge in [-0.15, -0.1) is 0 Å². The van der Waals surface area contributed by atoms with Crippen molar-refractivity contribution in [3.05, 3.63) is 11.6 Å². The number of hydrogen-bond donors (Lipinski definition) is 0. The van der Waals surface area contributed by atoms with Gasteiger partial charge in [-0.1, -0.05) is 20.8 Å². The molecule has 2 fully saturated rings. The van der Waals surface area contributed by atoms with Crippen LogP contribution in [-0.4, -0.2) is 24.8 Å². The lowest BCUT2D eigenvalue weighted by Crippen LogP contribution is -2.29. The first-order valence-corrected chi connectivity index (χ1v) is 9.02. The summed E-state index contributed by atoms with van der Waals surface area (Å²) in [6.07, 6.45) is 9.06. The van der Waals surface area contributed by atoms with Gasteiger partial charge in [0.2, 0.25) is 0 Å². The Kier molecular flexibility index (Phi) is 4.75. The summed E-state index contributed by atoms with van der Waals surface area (Å²) in [7, 11) is 0. The van der Waals surface area contributed by atoms with E-state index in [9.17, 15) is 4.79 Å². The zero-order valence-corrected chi connectivity index (χ0v) is 14.3.